The van der Waals surface area contributed by atoms with Crippen molar-refractivity contribution in [3.8, 4) is 0 Å². The maximum Gasteiger partial charge on any atom is 0.244 e. The van der Waals surface area contributed by atoms with E-state index in [1.165, 1.54) is 11.4 Å². The third-order valence-electron chi connectivity index (χ3n) is 1.14. The fourth-order valence-electron chi connectivity index (χ4n) is 0.600. The van der Waals surface area contributed by atoms with Crippen LogP contribution in [0.25, 0.3) is 0 Å². The average molecular weight is 283 g/mol. The van der Waals surface area contributed by atoms with Crippen LogP contribution in [0.5, 0.6) is 0 Å². The van der Waals surface area contributed by atoms with E-state index in [0.29, 0.717) is 25.6 Å². The van der Waals surface area contributed by atoms with E-state index in [2.05, 4.69) is 0 Å². The Hall–Kier alpha value is 2.52. The average Bonchev–Trinajstić information content (AvgIpc) is 2.09. The molecule has 0 saturated carbocycles. The molecule has 0 aromatic carbocycles. The summed E-state index contributed by atoms with van der Waals surface area (Å²) in [5.74, 6) is 0.700. The first-order chi connectivity index (χ1) is 6.12. The molecular weight excluding hydrogens is 266 g/mol. The molecule has 7 heteroatoms. The minimum atomic E-state index is -2.58. The van der Waals surface area contributed by atoms with Gasteiger partial charge >= 0.3 is 0 Å². The molecule has 0 fully saturated rings. The van der Waals surface area contributed by atoms with Gasteiger partial charge in [0, 0.05) is 63.7 Å². The molecule has 0 aromatic rings. The Balaban J connectivity index is 0. The molecule has 14 heavy (non-hydrogen) atoms. The molecule has 0 rings (SSSR count). The second kappa shape index (κ2) is 12.0. The molecule has 0 bridgehead atoms. The van der Waals surface area contributed by atoms with Crippen LogP contribution in [0.2, 0.25) is 0 Å². The molecule has 0 saturated heterocycles. The quantitative estimate of drug-likeness (QED) is 0.419. The van der Waals surface area contributed by atoms with Gasteiger partial charge in [0.1, 0.15) is 0 Å². The topological polar surface area (TPSA) is 38.7 Å². The molecule has 0 heterocycles. The molecule has 1 unspecified atom stereocenters. The van der Waals surface area contributed by atoms with Gasteiger partial charge in [0.25, 0.3) is 0 Å². The predicted molar refractivity (Wildman–Crippen MR) is 67.5 cm³/mol. The predicted octanol–water partition coefficient (Wildman–Crippen LogP) is 2.02. The zero-order valence-corrected chi connectivity index (χ0v) is 14.7. The Labute approximate surface area is 138 Å². The van der Waals surface area contributed by atoms with E-state index in [0.717, 1.165) is 6.42 Å². The van der Waals surface area contributed by atoms with Gasteiger partial charge in [-0.15, -0.1) is 0 Å². The standard InChI is InChI=1S/C7H17O3PS2.K/c1-3-5-10-11(8,12)13-7-6-9-4-2;/h3-7H2,1-2H3,(H,8,12);. The molecular formula is C7H17KO3PS2. The fraction of sp³-hybridized carbons (Fsp3) is 1.00. The second-order valence-corrected chi connectivity index (χ2v) is 8.63. The van der Waals surface area contributed by atoms with E-state index >= 15 is 0 Å². The summed E-state index contributed by atoms with van der Waals surface area (Å²) in [4.78, 5) is 9.56. The van der Waals surface area contributed by atoms with Crippen molar-refractivity contribution in [3.63, 3.8) is 0 Å². The normalized spacial score (nSPS) is 14.5. The zero-order valence-electron chi connectivity index (χ0n) is 9.06. The summed E-state index contributed by atoms with van der Waals surface area (Å²) < 4.78 is 10.3. The third kappa shape index (κ3) is 12.6. The SMILES string of the molecule is CCCOP(O)(=S)SCCOCC.[K]. The number of hydrogen-bond donors (Lipinski definition) is 1. The maximum atomic E-state index is 9.56. The Kier molecular flexibility index (Phi) is 16.2. The first-order valence-electron chi connectivity index (χ1n) is 4.32. The summed E-state index contributed by atoms with van der Waals surface area (Å²) in [6.45, 7) is 5.78. The van der Waals surface area contributed by atoms with Crippen LogP contribution in [0.4, 0.5) is 0 Å². The van der Waals surface area contributed by atoms with Gasteiger partial charge in [-0.05, 0) is 25.2 Å². The van der Waals surface area contributed by atoms with Crippen molar-refractivity contribution in [3.05, 3.63) is 0 Å². The molecule has 3 nitrogen and oxygen atoms in total. The Bertz CT molecular complexity index is 171. The van der Waals surface area contributed by atoms with Crippen LogP contribution >= 0.6 is 17.1 Å². The smallest absolute Gasteiger partial charge is 0.244 e. The summed E-state index contributed by atoms with van der Waals surface area (Å²) in [6.07, 6.45) is 0.880. The molecule has 1 radical (unpaired) electrons. The molecule has 0 aliphatic carbocycles. The van der Waals surface area contributed by atoms with E-state index in [4.69, 9.17) is 21.1 Å². The van der Waals surface area contributed by atoms with Crippen LogP contribution < -0.4 is 0 Å². The minimum absolute atomic E-state index is 0. The van der Waals surface area contributed by atoms with Crippen LogP contribution in [-0.2, 0) is 21.1 Å². The first-order valence-corrected chi connectivity index (χ1v) is 8.58. The van der Waals surface area contributed by atoms with Crippen LogP contribution in [0.3, 0.4) is 0 Å². The van der Waals surface area contributed by atoms with E-state index in [9.17, 15) is 4.89 Å². The van der Waals surface area contributed by atoms with Crippen molar-refractivity contribution in [2.24, 2.45) is 0 Å². The molecule has 0 aromatic heterocycles. The van der Waals surface area contributed by atoms with Crippen molar-refractivity contribution in [1.29, 1.82) is 0 Å². The molecule has 0 amide bonds. The van der Waals surface area contributed by atoms with E-state index in [1.54, 1.807) is 0 Å². The van der Waals surface area contributed by atoms with Crippen LogP contribution in [0.1, 0.15) is 20.3 Å². The zero-order chi connectivity index (χ0) is 10.2. The fourth-order valence-corrected chi connectivity index (χ4v) is 3.77. The van der Waals surface area contributed by atoms with Crippen molar-refractivity contribution >= 4 is 80.3 Å². The Morgan fingerprint density at radius 1 is 1.36 bits per heavy atom. The van der Waals surface area contributed by atoms with Gasteiger partial charge in [0.2, 0.25) is 5.69 Å². The summed E-state index contributed by atoms with van der Waals surface area (Å²) in [5, 5.41) is 0. The van der Waals surface area contributed by atoms with Crippen LogP contribution in [0, 0.1) is 0 Å². The second-order valence-electron chi connectivity index (χ2n) is 2.33. The van der Waals surface area contributed by atoms with Gasteiger partial charge in [-0.3, -0.25) is 0 Å². The summed E-state index contributed by atoms with van der Waals surface area (Å²) >= 11 is 6.20. The monoisotopic (exact) mass is 283 g/mol. The molecule has 0 aliphatic rings. The summed E-state index contributed by atoms with van der Waals surface area (Å²) in [6, 6.07) is 0. The minimum Gasteiger partial charge on any atom is -0.381 e. The van der Waals surface area contributed by atoms with E-state index in [1.807, 2.05) is 13.8 Å². The Morgan fingerprint density at radius 3 is 2.50 bits per heavy atom. The molecule has 81 valence electrons. The van der Waals surface area contributed by atoms with Gasteiger partial charge in [-0.1, -0.05) is 18.3 Å². The van der Waals surface area contributed by atoms with Crippen molar-refractivity contribution in [1.82, 2.24) is 0 Å². The number of hydrogen-bond acceptors (Lipinski definition) is 4. The van der Waals surface area contributed by atoms with Gasteiger partial charge in [-0.2, -0.15) is 0 Å². The van der Waals surface area contributed by atoms with Gasteiger partial charge in [0.05, 0.1) is 13.2 Å². The first kappa shape index (κ1) is 18.9. The van der Waals surface area contributed by atoms with Crippen LogP contribution in [-0.4, -0.2) is 81.9 Å². The summed E-state index contributed by atoms with van der Waals surface area (Å²) in [5.41, 5.74) is -2.58. The largest absolute Gasteiger partial charge is 0.381 e. The van der Waals surface area contributed by atoms with Crippen molar-refractivity contribution in [2.75, 3.05) is 25.6 Å². The number of ether oxygens (including phenoxy) is 1. The summed E-state index contributed by atoms with van der Waals surface area (Å²) in [7, 11) is 0. The van der Waals surface area contributed by atoms with Gasteiger partial charge < -0.3 is 14.2 Å². The van der Waals surface area contributed by atoms with E-state index < -0.39 is 5.69 Å². The van der Waals surface area contributed by atoms with Crippen molar-refractivity contribution in [2.45, 2.75) is 20.3 Å². The number of rotatable bonds is 8. The Morgan fingerprint density at radius 2 is 2.00 bits per heavy atom. The third-order valence-corrected chi connectivity index (χ3v) is 5.44. The van der Waals surface area contributed by atoms with Gasteiger partial charge in [-0.25, -0.2) is 0 Å². The molecule has 0 aliphatic heterocycles. The maximum absolute atomic E-state index is 9.56. The molecule has 1 N–H and O–H groups in total. The van der Waals surface area contributed by atoms with E-state index in [-0.39, 0.29) is 51.4 Å². The van der Waals surface area contributed by atoms with Gasteiger partial charge in [0.15, 0.2) is 0 Å². The van der Waals surface area contributed by atoms with Crippen molar-refractivity contribution < 1.29 is 14.2 Å². The van der Waals surface area contributed by atoms with Crippen LogP contribution in [0.15, 0.2) is 0 Å². The molecule has 1 atom stereocenters. The molecule has 0 spiro atoms.